The molecule has 0 unspecified atom stereocenters. The number of carbonyl (C=O) groups is 1. The third kappa shape index (κ3) is 4.25. The van der Waals surface area contributed by atoms with E-state index in [2.05, 4.69) is 15.3 Å². The maximum Gasteiger partial charge on any atom is 0.251 e. The highest BCUT2D eigenvalue weighted by Gasteiger charge is 2.19. The summed E-state index contributed by atoms with van der Waals surface area (Å²) in [6.07, 6.45) is 1.78. The molecule has 0 atom stereocenters. The van der Waals surface area contributed by atoms with Crippen molar-refractivity contribution in [2.75, 3.05) is 0 Å². The average Bonchev–Trinajstić information content (AvgIpc) is 2.80. The Morgan fingerprint density at radius 1 is 1.38 bits per heavy atom. The molecule has 0 saturated carbocycles. The van der Waals surface area contributed by atoms with Gasteiger partial charge in [0.15, 0.2) is 0 Å². The van der Waals surface area contributed by atoms with Gasteiger partial charge in [0.2, 0.25) is 0 Å². The largest absolute Gasteiger partial charge is 0.347 e. The minimum Gasteiger partial charge on any atom is -0.347 e. The number of thiazole rings is 1. The molecule has 0 aliphatic carbocycles. The second-order valence-electron chi connectivity index (χ2n) is 5.84. The monoisotopic (exact) mass is 323 g/mol. The number of carbonyl (C=O) groups excluding carboxylic acids is 1. The third-order valence-corrected chi connectivity index (χ3v) is 4.02. The van der Waals surface area contributed by atoms with Gasteiger partial charge in [0.1, 0.15) is 5.15 Å². The van der Waals surface area contributed by atoms with Crippen molar-refractivity contribution in [1.82, 2.24) is 15.3 Å². The Kier molecular flexibility index (Phi) is 4.64. The number of hydrogen-bond donors (Lipinski definition) is 1. The van der Waals surface area contributed by atoms with Gasteiger partial charge in [-0.1, -0.05) is 32.4 Å². The van der Waals surface area contributed by atoms with Crippen molar-refractivity contribution in [3.63, 3.8) is 0 Å². The van der Waals surface area contributed by atoms with E-state index in [0.717, 1.165) is 15.6 Å². The molecule has 0 spiro atoms. The normalized spacial score (nSPS) is 11.5. The van der Waals surface area contributed by atoms with Crippen LogP contribution in [0.15, 0.2) is 18.3 Å². The van der Waals surface area contributed by atoms with Crippen molar-refractivity contribution in [1.29, 1.82) is 0 Å². The van der Waals surface area contributed by atoms with Gasteiger partial charge in [-0.25, -0.2) is 9.97 Å². The number of amides is 1. The van der Waals surface area contributed by atoms with Gasteiger partial charge in [-0.15, -0.1) is 11.3 Å². The highest BCUT2D eigenvalue weighted by molar-refractivity contribution is 7.11. The summed E-state index contributed by atoms with van der Waals surface area (Å²) in [5.74, 6) is -0.157. The Balaban J connectivity index is 2.13. The molecule has 4 nitrogen and oxygen atoms in total. The highest BCUT2D eigenvalue weighted by Crippen LogP contribution is 2.23. The summed E-state index contributed by atoms with van der Waals surface area (Å²) in [5, 5.41) is 4.20. The Bertz CT molecular complexity index is 661. The molecule has 21 heavy (non-hydrogen) atoms. The zero-order valence-electron chi connectivity index (χ0n) is 12.5. The fourth-order valence-corrected chi connectivity index (χ4v) is 2.71. The van der Waals surface area contributed by atoms with Crippen LogP contribution >= 0.6 is 22.9 Å². The summed E-state index contributed by atoms with van der Waals surface area (Å²) >= 11 is 7.59. The summed E-state index contributed by atoms with van der Waals surface area (Å²) in [4.78, 5) is 21.7. The molecule has 0 radical (unpaired) electrons. The van der Waals surface area contributed by atoms with Gasteiger partial charge in [-0.05, 0) is 19.1 Å². The molecule has 0 saturated heterocycles. The molecule has 1 amide bonds. The summed E-state index contributed by atoms with van der Waals surface area (Å²) in [6, 6.07) is 3.38. The van der Waals surface area contributed by atoms with E-state index >= 15 is 0 Å². The predicted octanol–water partition coefficient (Wildman–Crippen LogP) is 3.73. The zero-order chi connectivity index (χ0) is 15.6. The van der Waals surface area contributed by atoms with Crippen LogP contribution in [-0.4, -0.2) is 15.9 Å². The van der Waals surface area contributed by atoms with Gasteiger partial charge in [-0.3, -0.25) is 4.79 Å². The summed E-state index contributed by atoms with van der Waals surface area (Å²) in [7, 11) is 0. The molecule has 2 heterocycles. The third-order valence-electron chi connectivity index (χ3n) is 2.92. The number of aromatic nitrogens is 2. The Morgan fingerprint density at radius 2 is 2.10 bits per heavy atom. The number of nitrogens with zero attached hydrogens (tertiary/aromatic N) is 2. The van der Waals surface area contributed by atoms with E-state index in [-0.39, 0.29) is 11.3 Å². The van der Waals surface area contributed by atoms with Gasteiger partial charge in [-0.2, -0.15) is 0 Å². The molecule has 0 fully saturated rings. The van der Waals surface area contributed by atoms with Crippen molar-refractivity contribution in [3.05, 3.63) is 44.6 Å². The molecule has 0 aromatic carbocycles. The fourth-order valence-electron chi connectivity index (χ4n) is 1.77. The van der Waals surface area contributed by atoms with E-state index in [0.29, 0.717) is 17.3 Å². The van der Waals surface area contributed by atoms with E-state index in [1.165, 1.54) is 0 Å². The van der Waals surface area contributed by atoms with Gasteiger partial charge in [0.05, 0.1) is 11.6 Å². The first-order valence-electron chi connectivity index (χ1n) is 6.63. The number of hydrogen-bond acceptors (Lipinski definition) is 4. The van der Waals surface area contributed by atoms with E-state index in [1.54, 1.807) is 29.7 Å². The van der Waals surface area contributed by atoms with Crippen LogP contribution in [-0.2, 0) is 12.0 Å². The second kappa shape index (κ2) is 6.12. The first kappa shape index (κ1) is 15.9. The fraction of sp³-hybridized carbons (Fsp3) is 0.400. The van der Waals surface area contributed by atoms with Crippen LogP contribution in [0.4, 0.5) is 0 Å². The smallest absolute Gasteiger partial charge is 0.251 e. The van der Waals surface area contributed by atoms with Crippen LogP contribution in [0.1, 0.15) is 46.7 Å². The van der Waals surface area contributed by atoms with Crippen molar-refractivity contribution < 1.29 is 4.79 Å². The van der Waals surface area contributed by atoms with Crippen molar-refractivity contribution in [2.45, 2.75) is 39.7 Å². The summed E-state index contributed by atoms with van der Waals surface area (Å²) < 4.78 is 0. The predicted molar refractivity (Wildman–Crippen MR) is 86.0 cm³/mol. The standard InChI is InChI=1S/C15H18ClN3OS/c1-9-17-7-11(21-9)8-18-14(20)10-5-12(15(2,3)4)19-13(16)6-10/h5-7H,8H2,1-4H3,(H,18,20). The molecular formula is C15H18ClN3OS. The van der Waals surface area contributed by atoms with Gasteiger partial charge < -0.3 is 5.32 Å². The van der Waals surface area contributed by atoms with E-state index in [9.17, 15) is 4.79 Å². The maximum absolute atomic E-state index is 12.2. The van der Waals surface area contributed by atoms with Gasteiger partial charge in [0.25, 0.3) is 5.91 Å². The molecule has 0 aliphatic heterocycles. The maximum atomic E-state index is 12.2. The van der Waals surface area contributed by atoms with Crippen molar-refractivity contribution in [3.8, 4) is 0 Å². The number of halogens is 1. The molecule has 1 N–H and O–H groups in total. The van der Waals surface area contributed by atoms with Crippen LogP contribution in [0.5, 0.6) is 0 Å². The Hall–Kier alpha value is -1.46. The molecule has 2 rings (SSSR count). The Morgan fingerprint density at radius 3 is 2.67 bits per heavy atom. The topological polar surface area (TPSA) is 54.9 Å². The first-order valence-corrected chi connectivity index (χ1v) is 7.83. The first-order chi connectivity index (χ1) is 9.75. The quantitative estimate of drug-likeness (QED) is 0.876. The number of pyridine rings is 1. The molecule has 6 heteroatoms. The highest BCUT2D eigenvalue weighted by atomic mass is 35.5. The van der Waals surface area contributed by atoms with Crippen LogP contribution in [0.2, 0.25) is 5.15 Å². The van der Waals surface area contributed by atoms with Crippen LogP contribution < -0.4 is 5.32 Å². The summed E-state index contributed by atoms with van der Waals surface area (Å²) in [5.41, 5.74) is 1.17. The molecule has 112 valence electrons. The Labute approximate surface area is 133 Å². The number of nitrogens with one attached hydrogen (secondary N) is 1. The van der Waals surface area contributed by atoms with Crippen molar-refractivity contribution >= 4 is 28.8 Å². The summed E-state index contributed by atoms with van der Waals surface area (Å²) in [6.45, 7) is 8.51. The molecule has 0 bridgehead atoms. The van der Waals surface area contributed by atoms with E-state index < -0.39 is 0 Å². The van der Waals surface area contributed by atoms with E-state index in [4.69, 9.17) is 11.6 Å². The van der Waals surface area contributed by atoms with Gasteiger partial charge >= 0.3 is 0 Å². The lowest BCUT2D eigenvalue weighted by Crippen LogP contribution is -2.23. The SMILES string of the molecule is Cc1ncc(CNC(=O)c2cc(Cl)nc(C(C)(C)C)c2)s1. The lowest BCUT2D eigenvalue weighted by molar-refractivity contribution is 0.0951. The lowest BCUT2D eigenvalue weighted by Gasteiger charge is -2.18. The molecular weight excluding hydrogens is 306 g/mol. The molecule has 2 aromatic heterocycles. The average molecular weight is 324 g/mol. The van der Waals surface area contributed by atoms with E-state index in [1.807, 2.05) is 27.7 Å². The minimum absolute atomic E-state index is 0.157. The zero-order valence-corrected chi connectivity index (χ0v) is 14.1. The van der Waals surface area contributed by atoms with Crippen LogP contribution in [0.3, 0.4) is 0 Å². The van der Waals surface area contributed by atoms with Crippen LogP contribution in [0, 0.1) is 6.92 Å². The number of rotatable bonds is 3. The van der Waals surface area contributed by atoms with Crippen molar-refractivity contribution in [2.24, 2.45) is 0 Å². The van der Waals surface area contributed by atoms with Crippen LogP contribution in [0.25, 0.3) is 0 Å². The lowest BCUT2D eigenvalue weighted by atomic mass is 9.91. The molecule has 2 aromatic rings. The molecule has 0 aliphatic rings. The minimum atomic E-state index is -0.158. The van der Waals surface area contributed by atoms with Gasteiger partial charge in [0, 0.05) is 27.7 Å². The number of aryl methyl sites for hydroxylation is 1. The second-order valence-corrected chi connectivity index (χ2v) is 7.55.